The molecule has 0 atom stereocenters. The molecule has 0 aliphatic rings. The van der Waals surface area contributed by atoms with Gasteiger partial charge in [0.2, 0.25) is 5.78 Å². The number of halogens is 1. The van der Waals surface area contributed by atoms with Crippen LogP contribution in [-0.2, 0) is 26.7 Å². The fourth-order valence-corrected chi connectivity index (χ4v) is 8.59. The van der Waals surface area contributed by atoms with E-state index in [1.165, 1.54) is 60.7 Å². The van der Waals surface area contributed by atoms with Gasteiger partial charge in [-0.1, -0.05) is 72.8 Å². The molecule has 0 spiro atoms. The van der Waals surface area contributed by atoms with E-state index in [-0.39, 0.29) is 38.5 Å². The van der Waals surface area contributed by atoms with Gasteiger partial charge < -0.3 is 4.74 Å². The first-order chi connectivity index (χ1) is 22.7. The predicted octanol–water partition coefficient (Wildman–Crippen LogP) is 7.02. The van der Waals surface area contributed by atoms with Gasteiger partial charge in [0.05, 0.1) is 20.8 Å². The molecule has 0 N–H and O–H groups in total. The van der Waals surface area contributed by atoms with E-state index in [9.17, 15) is 21.6 Å². The summed E-state index contributed by atoms with van der Waals surface area (Å²) < 4.78 is 79.2. The third kappa shape index (κ3) is 5.29. The fourth-order valence-electron chi connectivity index (χ4n) is 5.53. The Morgan fingerprint density at radius 2 is 1.15 bits per heavy atom. The average molecular weight is 665 g/mol. The van der Waals surface area contributed by atoms with Crippen LogP contribution in [0.5, 0.6) is 5.75 Å². The van der Waals surface area contributed by atoms with Gasteiger partial charge in [-0.2, -0.15) is 0 Å². The van der Waals surface area contributed by atoms with Crippen LogP contribution < -0.4 is 4.74 Å². The quantitative estimate of drug-likeness (QED) is 0.154. The van der Waals surface area contributed by atoms with Crippen LogP contribution in [0.4, 0.5) is 4.39 Å². The normalized spacial score (nSPS) is 12.0. The Bertz CT molecular complexity index is 2510. The maximum atomic E-state index is 15.1. The van der Waals surface area contributed by atoms with Gasteiger partial charge >= 0.3 is 0 Å². The van der Waals surface area contributed by atoms with Crippen molar-refractivity contribution in [2.75, 3.05) is 0 Å². The van der Waals surface area contributed by atoms with Crippen LogP contribution in [0, 0.1) is 5.82 Å². The van der Waals surface area contributed by atoms with Crippen LogP contribution in [0.2, 0.25) is 0 Å². The maximum absolute atomic E-state index is 15.1. The molecule has 5 aromatic carbocycles. The monoisotopic (exact) mass is 664 g/mol. The summed E-state index contributed by atoms with van der Waals surface area (Å²) in [5.74, 6) is -1.25. The summed E-state index contributed by atoms with van der Waals surface area (Å²) in [5.41, 5.74) is 0.261. The Morgan fingerprint density at radius 3 is 1.77 bits per heavy atom. The topological polar surface area (TPSA) is 104 Å². The van der Waals surface area contributed by atoms with E-state index >= 15 is 4.39 Å². The van der Waals surface area contributed by atoms with Crippen LogP contribution in [-0.4, -0.2) is 30.6 Å². The van der Waals surface area contributed by atoms with Gasteiger partial charge in [0, 0.05) is 10.8 Å². The number of benzene rings is 5. The van der Waals surface area contributed by atoms with E-state index in [2.05, 4.69) is 0 Å². The van der Waals surface area contributed by atoms with Crippen molar-refractivity contribution in [3.8, 4) is 5.75 Å². The van der Waals surface area contributed by atoms with E-state index in [0.29, 0.717) is 11.1 Å². The molecule has 0 radical (unpaired) electrons. The molecule has 0 saturated heterocycles. The predicted molar refractivity (Wildman–Crippen MR) is 176 cm³/mol. The summed E-state index contributed by atoms with van der Waals surface area (Å²) in [6.07, 6.45) is 0. The van der Waals surface area contributed by atoms with Crippen LogP contribution in [0.3, 0.4) is 0 Å². The number of nitrogens with zero attached hydrogens (tertiary/aromatic N) is 2. The largest absolute Gasteiger partial charge is 0.489 e. The smallest absolute Gasteiger partial charge is 0.268 e. The van der Waals surface area contributed by atoms with Gasteiger partial charge in [-0.3, -0.25) is 4.79 Å². The molecule has 0 saturated carbocycles. The molecule has 0 aliphatic carbocycles. The molecule has 234 valence electrons. The van der Waals surface area contributed by atoms with Crippen molar-refractivity contribution in [2.24, 2.45) is 0 Å². The lowest BCUT2D eigenvalue weighted by Crippen LogP contribution is -2.23. The van der Waals surface area contributed by atoms with E-state index in [1.54, 1.807) is 36.4 Å². The minimum atomic E-state index is -4.44. The lowest BCUT2D eigenvalue weighted by molar-refractivity contribution is 0.102. The number of fused-ring (bicyclic) bond motifs is 2. The van der Waals surface area contributed by atoms with Crippen molar-refractivity contribution >= 4 is 47.6 Å². The van der Waals surface area contributed by atoms with Gasteiger partial charge in [0.15, 0.2) is 0 Å². The lowest BCUT2D eigenvalue weighted by Gasteiger charge is -2.14. The van der Waals surface area contributed by atoms with E-state index in [4.69, 9.17) is 4.74 Å². The molecular formula is C36H25FN2O6S2. The molecule has 47 heavy (non-hydrogen) atoms. The molecule has 0 aliphatic heterocycles. The number of carbonyl (C=O) groups excluding carboxylic acids is 1. The SMILES string of the molecule is O=C(c1cc2cc(OCc3ccccc3)ccc2n1S(=O)(=O)c1ccccc1)c1cc2c(F)cccc2n1S(=O)(=O)c1ccccc1. The van der Waals surface area contributed by atoms with Crippen molar-refractivity contribution in [3.63, 3.8) is 0 Å². The van der Waals surface area contributed by atoms with Crippen LogP contribution in [0.1, 0.15) is 21.7 Å². The molecule has 11 heteroatoms. The highest BCUT2D eigenvalue weighted by Crippen LogP contribution is 2.33. The molecule has 2 aromatic heterocycles. The number of hydrogen-bond acceptors (Lipinski definition) is 6. The summed E-state index contributed by atoms with van der Waals surface area (Å²) in [6.45, 7) is 0.254. The molecular weight excluding hydrogens is 640 g/mol. The first-order valence-electron chi connectivity index (χ1n) is 14.4. The van der Waals surface area contributed by atoms with Crippen LogP contribution in [0.15, 0.2) is 149 Å². The summed E-state index contributed by atoms with van der Waals surface area (Å²) in [6, 6.07) is 35.6. The summed E-state index contributed by atoms with van der Waals surface area (Å²) >= 11 is 0. The molecule has 2 heterocycles. The molecule has 0 bridgehead atoms. The van der Waals surface area contributed by atoms with Crippen molar-refractivity contribution in [3.05, 3.63) is 162 Å². The highest BCUT2D eigenvalue weighted by molar-refractivity contribution is 7.90. The third-order valence-electron chi connectivity index (χ3n) is 7.75. The van der Waals surface area contributed by atoms with E-state index in [0.717, 1.165) is 25.6 Å². The third-order valence-corrected chi connectivity index (χ3v) is 11.2. The molecule has 8 nitrogen and oxygen atoms in total. The van der Waals surface area contributed by atoms with Gasteiger partial charge in [-0.15, -0.1) is 0 Å². The molecule has 7 rings (SSSR count). The molecule has 0 unspecified atom stereocenters. The minimum absolute atomic E-state index is 0.0672. The summed E-state index contributed by atoms with van der Waals surface area (Å²) in [4.78, 5) is 14.4. The zero-order valence-corrected chi connectivity index (χ0v) is 26.2. The van der Waals surface area contributed by atoms with Gasteiger partial charge in [0.1, 0.15) is 29.6 Å². The van der Waals surface area contributed by atoms with E-state index < -0.39 is 37.3 Å². The van der Waals surface area contributed by atoms with Crippen molar-refractivity contribution in [1.29, 1.82) is 0 Å². The number of ketones is 1. The second-order valence-corrected chi connectivity index (χ2v) is 14.3. The Kier molecular flexibility index (Phi) is 7.50. The number of hydrogen-bond donors (Lipinski definition) is 0. The average Bonchev–Trinajstić information content (AvgIpc) is 3.69. The Labute approximate surface area is 270 Å². The zero-order chi connectivity index (χ0) is 32.8. The zero-order valence-electron chi connectivity index (χ0n) is 24.5. The van der Waals surface area contributed by atoms with Gasteiger partial charge in [-0.05, 0) is 72.3 Å². The minimum Gasteiger partial charge on any atom is -0.489 e. The van der Waals surface area contributed by atoms with Crippen molar-refractivity contribution in [2.45, 2.75) is 16.4 Å². The second-order valence-electron chi connectivity index (χ2n) is 10.7. The molecule has 0 amide bonds. The number of ether oxygens (including phenoxy) is 1. The molecule has 0 fully saturated rings. The standard InChI is InChI=1S/C36H25FN2O6S2/c37-31-17-10-18-33-30(31)23-35(39(33)47(43,44)29-15-8-3-9-16-29)36(40)34-22-26-21-27(45-24-25-11-4-1-5-12-25)19-20-32(26)38(34)46(41,42)28-13-6-2-7-14-28/h1-23H,24H2. The second kappa shape index (κ2) is 11.7. The first-order valence-corrected chi connectivity index (χ1v) is 17.3. The number of carbonyl (C=O) groups is 1. The lowest BCUT2D eigenvalue weighted by atomic mass is 10.2. The number of aromatic nitrogens is 2. The van der Waals surface area contributed by atoms with Gasteiger partial charge in [-0.25, -0.2) is 29.2 Å². The van der Waals surface area contributed by atoms with Crippen LogP contribution in [0.25, 0.3) is 21.8 Å². The van der Waals surface area contributed by atoms with Gasteiger partial charge in [0.25, 0.3) is 20.0 Å². The molecule has 7 aromatic rings. The van der Waals surface area contributed by atoms with Crippen LogP contribution >= 0.6 is 0 Å². The number of rotatable bonds is 9. The highest BCUT2D eigenvalue weighted by Gasteiger charge is 2.32. The van der Waals surface area contributed by atoms with Crippen molar-refractivity contribution in [1.82, 2.24) is 7.94 Å². The Balaban J connectivity index is 1.44. The Morgan fingerprint density at radius 1 is 0.596 bits per heavy atom. The highest BCUT2D eigenvalue weighted by atomic mass is 32.2. The van der Waals surface area contributed by atoms with E-state index in [1.807, 2.05) is 30.3 Å². The summed E-state index contributed by atoms with van der Waals surface area (Å²) in [5, 5.41) is 0.249. The van der Waals surface area contributed by atoms with Crippen molar-refractivity contribution < 1.29 is 30.8 Å². The maximum Gasteiger partial charge on any atom is 0.268 e. The fraction of sp³-hybridized carbons (Fsp3) is 0.0278. The Hall–Kier alpha value is -5.52. The first kappa shape index (κ1) is 30.2. The summed E-state index contributed by atoms with van der Waals surface area (Å²) in [7, 11) is -8.83.